The number of hydrogen-bond acceptors (Lipinski definition) is 2. The van der Waals surface area contributed by atoms with Crippen LogP contribution in [0.2, 0.25) is 10.0 Å². The van der Waals surface area contributed by atoms with Crippen molar-refractivity contribution >= 4 is 46.0 Å². The molecule has 166 valence electrons. The number of benzene rings is 3. The van der Waals surface area contributed by atoms with Gasteiger partial charge in [-0.1, -0.05) is 53.5 Å². The number of H-pyrrole nitrogens is 1. The first-order valence-electron chi connectivity index (χ1n) is 9.59. The maximum atomic E-state index is 13.5. The van der Waals surface area contributed by atoms with Crippen LogP contribution in [0.5, 0.6) is 0 Å². The van der Waals surface area contributed by atoms with Crippen LogP contribution < -0.4 is 0 Å². The third-order valence-electron chi connectivity index (χ3n) is 4.86. The van der Waals surface area contributed by atoms with Crippen molar-refractivity contribution in [2.24, 2.45) is 0 Å². The lowest BCUT2D eigenvalue weighted by molar-refractivity contribution is -0.137. The maximum absolute atomic E-state index is 13.5. The lowest BCUT2D eigenvalue weighted by Gasteiger charge is -2.15. The van der Waals surface area contributed by atoms with Crippen molar-refractivity contribution in [1.29, 1.82) is 0 Å². The molecule has 4 rings (SSSR count). The van der Waals surface area contributed by atoms with E-state index >= 15 is 0 Å². The van der Waals surface area contributed by atoms with Crippen molar-refractivity contribution in [2.45, 2.75) is 17.5 Å². The highest BCUT2D eigenvalue weighted by Crippen LogP contribution is 2.44. The van der Waals surface area contributed by atoms with Crippen molar-refractivity contribution in [2.75, 3.05) is 12.4 Å². The fourth-order valence-corrected chi connectivity index (χ4v) is 4.81. The summed E-state index contributed by atoms with van der Waals surface area (Å²) in [6.45, 7) is -0.385. The third-order valence-corrected chi connectivity index (χ3v) is 6.49. The molecule has 9 heteroatoms. The first-order chi connectivity index (χ1) is 15.3. The standard InChI is InChI=1S/C23H16Cl2F4N2S/c24-17-12-18-22(21(25)20(17)15-3-1-2-4-16(15)23(27,28)29)31-19(30-18)11-13-5-7-14(8-6-13)32-10-9-26/h1-8,12H,9-11H2,(H,30,31). The molecular formula is C23H16Cl2F4N2S. The Morgan fingerprint density at radius 3 is 2.41 bits per heavy atom. The van der Waals surface area contributed by atoms with Crippen LogP contribution in [-0.4, -0.2) is 22.4 Å². The number of fused-ring (bicyclic) bond motifs is 1. The van der Waals surface area contributed by atoms with Gasteiger partial charge >= 0.3 is 6.18 Å². The molecule has 0 saturated heterocycles. The molecule has 1 N–H and O–H groups in total. The van der Waals surface area contributed by atoms with E-state index < -0.39 is 11.7 Å². The van der Waals surface area contributed by atoms with Crippen LogP contribution in [0.3, 0.4) is 0 Å². The Kier molecular flexibility index (Phi) is 6.70. The highest BCUT2D eigenvalue weighted by Gasteiger charge is 2.34. The Morgan fingerprint density at radius 2 is 1.72 bits per heavy atom. The van der Waals surface area contributed by atoms with E-state index in [0.717, 1.165) is 16.5 Å². The van der Waals surface area contributed by atoms with Gasteiger partial charge in [0, 0.05) is 22.6 Å². The van der Waals surface area contributed by atoms with Gasteiger partial charge in [-0.2, -0.15) is 13.2 Å². The van der Waals surface area contributed by atoms with E-state index in [4.69, 9.17) is 23.2 Å². The zero-order chi connectivity index (χ0) is 22.9. The number of nitrogens with one attached hydrogen (secondary N) is 1. The van der Waals surface area contributed by atoms with Crippen molar-refractivity contribution in [3.05, 3.63) is 81.6 Å². The largest absolute Gasteiger partial charge is 0.417 e. The average molecular weight is 499 g/mol. The monoisotopic (exact) mass is 498 g/mol. The van der Waals surface area contributed by atoms with E-state index in [2.05, 4.69) is 9.97 Å². The van der Waals surface area contributed by atoms with E-state index in [9.17, 15) is 17.6 Å². The second-order valence-corrected chi connectivity index (χ2v) is 8.98. The first kappa shape index (κ1) is 23.0. The van der Waals surface area contributed by atoms with Crippen molar-refractivity contribution in [3.63, 3.8) is 0 Å². The number of hydrogen-bond donors (Lipinski definition) is 1. The van der Waals surface area contributed by atoms with Gasteiger partial charge in [-0.3, -0.25) is 4.39 Å². The minimum absolute atomic E-state index is 0.0599. The maximum Gasteiger partial charge on any atom is 0.417 e. The van der Waals surface area contributed by atoms with Crippen LogP contribution in [0.4, 0.5) is 17.6 Å². The highest BCUT2D eigenvalue weighted by atomic mass is 35.5. The second-order valence-electron chi connectivity index (χ2n) is 7.03. The fourth-order valence-electron chi connectivity index (χ4n) is 3.46. The fraction of sp³-hybridized carbons (Fsp3) is 0.174. The van der Waals surface area contributed by atoms with Gasteiger partial charge in [0.2, 0.25) is 0 Å². The molecule has 0 saturated carbocycles. The van der Waals surface area contributed by atoms with Gasteiger partial charge in [0.25, 0.3) is 0 Å². The molecule has 0 aliphatic carbocycles. The Balaban J connectivity index is 1.70. The summed E-state index contributed by atoms with van der Waals surface area (Å²) in [5, 5.41) is 0.160. The predicted octanol–water partition coefficient (Wildman–Crippen LogP) is 8.21. The number of thioether (sulfide) groups is 1. The van der Waals surface area contributed by atoms with E-state index in [-0.39, 0.29) is 27.8 Å². The Morgan fingerprint density at radius 1 is 1.00 bits per heavy atom. The molecule has 0 amide bonds. The summed E-state index contributed by atoms with van der Waals surface area (Å²) in [6.07, 6.45) is -4.09. The lowest BCUT2D eigenvalue weighted by Crippen LogP contribution is -2.07. The molecule has 0 aliphatic heterocycles. The highest BCUT2D eigenvalue weighted by molar-refractivity contribution is 7.99. The lowest BCUT2D eigenvalue weighted by atomic mass is 9.98. The molecular weight excluding hydrogens is 483 g/mol. The number of rotatable bonds is 6. The summed E-state index contributed by atoms with van der Waals surface area (Å²) >= 11 is 14.3. The SMILES string of the molecule is FCCSc1ccc(Cc2nc3c(Cl)c(-c4ccccc4C(F)(F)F)c(Cl)cc3[nH]2)cc1. The molecule has 2 nitrogen and oxygen atoms in total. The van der Waals surface area contributed by atoms with Crippen LogP contribution in [0.1, 0.15) is 17.0 Å². The van der Waals surface area contributed by atoms with E-state index in [0.29, 0.717) is 29.0 Å². The van der Waals surface area contributed by atoms with Gasteiger partial charge in [0.05, 0.1) is 27.8 Å². The van der Waals surface area contributed by atoms with Crippen LogP contribution in [-0.2, 0) is 12.6 Å². The van der Waals surface area contributed by atoms with Crippen molar-refractivity contribution in [1.82, 2.24) is 9.97 Å². The quantitative estimate of drug-likeness (QED) is 0.214. The van der Waals surface area contributed by atoms with Crippen LogP contribution in [0.15, 0.2) is 59.5 Å². The minimum atomic E-state index is -4.55. The van der Waals surface area contributed by atoms with E-state index in [1.54, 1.807) is 6.07 Å². The third kappa shape index (κ3) is 4.75. The molecule has 0 aliphatic rings. The zero-order valence-electron chi connectivity index (χ0n) is 16.4. The Labute approximate surface area is 196 Å². The Hall–Kier alpha value is -2.22. The molecule has 0 bridgehead atoms. The van der Waals surface area contributed by atoms with Crippen molar-refractivity contribution in [3.8, 4) is 11.1 Å². The number of alkyl halides is 4. The second kappa shape index (κ2) is 9.33. The number of nitrogens with zero attached hydrogens (tertiary/aromatic N) is 1. The first-order valence-corrected chi connectivity index (χ1v) is 11.3. The summed E-state index contributed by atoms with van der Waals surface area (Å²) in [5.74, 6) is 1.01. The van der Waals surface area contributed by atoms with Gasteiger partial charge in [0.1, 0.15) is 11.3 Å². The van der Waals surface area contributed by atoms with Gasteiger partial charge in [0.15, 0.2) is 0 Å². The smallest absolute Gasteiger partial charge is 0.342 e. The molecule has 0 atom stereocenters. The minimum Gasteiger partial charge on any atom is -0.342 e. The average Bonchev–Trinajstić information content (AvgIpc) is 3.15. The molecule has 1 heterocycles. The van der Waals surface area contributed by atoms with Gasteiger partial charge in [-0.15, -0.1) is 11.8 Å². The van der Waals surface area contributed by atoms with Gasteiger partial charge < -0.3 is 4.98 Å². The topological polar surface area (TPSA) is 28.7 Å². The molecule has 0 fully saturated rings. The molecule has 0 radical (unpaired) electrons. The van der Waals surface area contributed by atoms with Gasteiger partial charge in [-0.25, -0.2) is 4.98 Å². The number of imidazole rings is 1. The molecule has 0 unspecified atom stereocenters. The predicted molar refractivity (Wildman–Crippen MR) is 122 cm³/mol. The summed E-state index contributed by atoms with van der Waals surface area (Å²) in [6, 6.07) is 14.4. The van der Waals surface area contributed by atoms with Crippen molar-refractivity contribution < 1.29 is 17.6 Å². The van der Waals surface area contributed by atoms with Gasteiger partial charge in [-0.05, 0) is 35.4 Å². The Bertz CT molecular complexity index is 1250. The summed E-state index contributed by atoms with van der Waals surface area (Å²) < 4.78 is 52.9. The molecule has 3 aromatic carbocycles. The normalized spacial score (nSPS) is 11.9. The summed E-state index contributed by atoms with van der Waals surface area (Å²) in [4.78, 5) is 8.63. The number of halogens is 6. The summed E-state index contributed by atoms with van der Waals surface area (Å²) in [7, 11) is 0. The molecule has 32 heavy (non-hydrogen) atoms. The zero-order valence-corrected chi connectivity index (χ0v) is 18.8. The number of aromatic nitrogens is 2. The molecule has 0 spiro atoms. The van der Waals surface area contributed by atoms with Crippen LogP contribution >= 0.6 is 35.0 Å². The molecule has 1 aromatic heterocycles. The van der Waals surface area contributed by atoms with Crippen LogP contribution in [0.25, 0.3) is 22.2 Å². The van der Waals surface area contributed by atoms with Crippen LogP contribution in [0, 0.1) is 0 Å². The van der Waals surface area contributed by atoms with E-state index in [1.165, 1.54) is 30.0 Å². The van der Waals surface area contributed by atoms with E-state index in [1.807, 2.05) is 24.3 Å². The number of aromatic amines is 1. The summed E-state index contributed by atoms with van der Waals surface area (Å²) in [5.41, 5.74) is 1.05. The molecule has 4 aromatic rings.